The number of hydrogen-bond donors (Lipinski definition) is 0. The molecule has 0 bridgehead atoms. The Balaban J connectivity index is 1.08. The Morgan fingerprint density at radius 2 is 0.935 bits per heavy atom. The third kappa shape index (κ3) is 5.06. The second-order valence-electron chi connectivity index (χ2n) is 16.3. The summed E-state index contributed by atoms with van der Waals surface area (Å²) in [5.41, 5.74) is 17.2. The van der Waals surface area contributed by atoms with Gasteiger partial charge in [0.25, 0.3) is 0 Å². The van der Waals surface area contributed by atoms with Crippen molar-refractivity contribution in [1.82, 2.24) is 0 Å². The maximum atomic E-state index is 6.32. The smallest absolute Gasteiger partial charge is 0.136 e. The Labute approximate surface area is 364 Å². The molecule has 0 fully saturated rings. The molecule has 0 radical (unpaired) electrons. The van der Waals surface area contributed by atoms with Crippen LogP contribution in [0.1, 0.15) is 22.3 Å². The fraction of sp³-hybridized carbons (Fsp3) is 0.0169. The molecule has 0 saturated carbocycles. The zero-order valence-electron chi connectivity index (χ0n) is 33.6. The van der Waals surface area contributed by atoms with Crippen molar-refractivity contribution in [2.45, 2.75) is 15.2 Å². The van der Waals surface area contributed by atoms with Gasteiger partial charge in [-0.2, -0.15) is 0 Å². The van der Waals surface area contributed by atoms with Crippen LogP contribution in [0.5, 0.6) is 0 Å². The van der Waals surface area contributed by atoms with Gasteiger partial charge in [-0.3, -0.25) is 0 Å². The topological polar surface area (TPSA) is 16.4 Å². The van der Waals surface area contributed by atoms with Gasteiger partial charge in [0.05, 0.1) is 11.1 Å². The van der Waals surface area contributed by atoms with Crippen molar-refractivity contribution in [1.29, 1.82) is 0 Å². The zero-order chi connectivity index (χ0) is 40.8. The van der Waals surface area contributed by atoms with Crippen molar-refractivity contribution in [3.05, 3.63) is 247 Å². The molecule has 2 aliphatic rings. The summed E-state index contributed by atoms with van der Waals surface area (Å²) in [6.45, 7) is 0. The first-order chi connectivity index (χ1) is 30.8. The van der Waals surface area contributed by atoms with Crippen LogP contribution in [0.15, 0.2) is 239 Å². The zero-order valence-corrected chi connectivity index (χ0v) is 34.4. The van der Waals surface area contributed by atoms with Crippen LogP contribution >= 0.6 is 11.8 Å². The van der Waals surface area contributed by atoms with E-state index in [1.165, 1.54) is 65.1 Å². The number of benzene rings is 10. The van der Waals surface area contributed by atoms with Crippen molar-refractivity contribution in [3.63, 3.8) is 0 Å². The minimum absolute atomic E-state index is 0.512. The molecule has 2 nitrogen and oxygen atoms in total. The van der Waals surface area contributed by atoms with Crippen LogP contribution in [0, 0.1) is 0 Å². The van der Waals surface area contributed by atoms with Crippen molar-refractivity contribution in [2.75, 3.05) is 4.90 Å². The van der Waals surface area contributed by atoms with Gasteiger partial charge in [-0.15, -0.1) is 0 Å². The van der Waals surface area contributed by atoms with E-state index >= 15 is 0 Å². The summed E-state index contributed by atoms with van der Waals surface area (Å²) < 4.78 is 6.32. The number of hydrogen-bond acceptors (Lipinski definition) is 3. The Bertz CT molecular complexity index is 3500. The molecule has 0 saturated heterocycles. The second-order valence-corrected chi connectivity index (χ2v) is 17.4. The van der Waals surface area contributed by atoms with Gasteiger partial charge in [0, 0.05) is 37.5 Å². The van der Waals surface area contributed by atoms with Gasteiger partial charge in [-0.05, 0) is 115 Å². The molecule has 1 aromatic heterocycles. The Hall–Kier alpha value is -7.59. The molecule has 62 heavy (non-hydrogen) atoms. The molecule has 0 unspecified atom stereocenters. The highest BCUT2D eigenvalue weighted by molar-refractivity contribution is 7.99. The SMILES string of the molecule is c1ccc(-c2ccc(N(c3ccc(-c4cccc5oc6ccccc6c45)cc3)c3cccc4c3-c3c(ccc5ccccc35)C43c4ccccc4Sc4ccccc43)cc2)cc1. The maximum Gasteiger partial charge on any atom is 0.136 e. The molecule has 0 atom stereocenters. The maximum absolute atomic E-state index is 6.32. The van der Waals surface area contributed by atoms with E-state index in [4.69, 9.17) is 4.42 Å². The molecule has 1 spiro atoms. The highest BCUT2D eigenvalue weighted by Gasteiger charge is 2.51. The van der Waals surface area contributed by atoms with Crippen LogP contribution in [0.2, 0.25) is 0 Å². The minimum Gasteiger partial charge on any atom is -0.456 e. The molecular formula is C59H37NOS. The molecule has 13 rings (SSSR count). The molecule has 1 aliphatic heterocycles. The molecule has 1 aliphatic carbocycles. The van der Waals surface area contributed by atoms with Crippen LogP contribution in [0.4, 0.5) is 17.1 Å². The lowest BCUT2D eigenvalue weighted by Crippen LogP contribution is -2.32. The number of rotatable bonds is 5. The molecule has 0 N–H and O–H groups in total. The summed E-state index contributed by atoms with van der Waals surface area (Å²) in [5, 5.41) is 4.77. The van der Waals surface area contributed by atoms with Crippen LogP contribution in [-0.4, -0.2) is 0 Å². The number of furan rings is 1. The Morgan fingerprint density at radius 1 is 0.371 bits per heavy atom. The van der Waals surface area contributed by atoms with Crippen LogP contribution in [-0.2, 0) is 5.41 Å². The molecule has 0 amide bonds. The third-order valence-corrected chi connectivity index (χ3v) is 14.3. The van der Waals surface area contributed by atoms with E-state index in [0.29, 0.717) is 0 Å². The fourth-order valence-corrected chi connectivity index (χ4v) is 11.7. The first kappa shape index (κ1) is 35.2. The summed E-state index contributed by atoms with van der Waals surface area (Å²) in [6.07, 6.45) is 0. The fourth-order valence-electron chi connectivity index (χ4n) is 10.5. The Kier molecular flexibility index (Phi) is 7.79. The standard InChI is InChI=1S/C59H37NOS/c1-2-14-38(15-3-1)39-28-33-42(34-29-39)60(43-35-30-41(31-36-43)44-19-12-25-53-56(44)46-18-6-9-24-52(46)61-53)51-23-13-22-49-58(51)57-45-17-5-4-16-40(45)32-37-50(57)59(49)47-20-7-10-26-54(47)62-55-27-11-8-21-48(55)59/h1-37H. The largest absolute Gasteiger partial charge is 0.456 e. The molecule has 3 heteroatoms. The average molecular weight is 808 g/mol. The van der Waals surface area contributed by atoms with Crippen molar-refractivity contribution in [3.8, 4) is 33.4 Å². The summed E-state index contributed by atoms with van der Waals surface area (Å²) in [7, 11) is 0. The first-order valence-corrected chi connectivity index (χ1v) is 22.1. The summed E-state index contributed by atoms with van der Waals surface area (Å²) in [6, 6.07) is 82.4. The minimum atomic E-state index is -0.512. The number of anilines is 3. The number of para-hydroxylation sites is 1. The Morgan fingerprint density at radius 3 is 1.69 bits per heavy atom. The second kappa shape index (κ2) is 13.7. The number of fused-ring (bicyclic) bond motifs is 14. The van der Waals surface area contributed by atoms with Crippen molar-refractivity contribution in [2.24, 2.45) is 0 Å². The summed E-state index contributed by atoms with van der Waals surface area (Å²) >= 11 is 1.88. The van der Waals surface area contributed by atoms with Gasteiger partial charge in [0.2, 0.25) is 0 Å². The van der Waals surface area contributed by atoms with Crippen LogP contribution < -0.4 is 4.90 Å². The quantitative estimate of drug-likeness (QED) is 0.172. The van der Waals surface area contributed by atoms with Gasteiger partial charge in [-0.1, -0.05) is 182 Å². The normalized spacial score (nSPS) is 13.2. The van der Waals surface area contributed by atoms with Crippen LogP contribution in [0.25, 0.3) is 66.1 Å². The highest BCUT2D eigenvalue weighted by atomic mass is 32.2. The summed E-state index contributed by atoms with van der Waals surface area (Å²) in [5.74, 6) is 0. The number of nitrogens with zero attached hydrogens (tertiary/aromatic N) is 1. The van der Waals surface area contributed by atoms with Crippen molar-refractivity contribution >= 4 is 61.5 Å². The molecule has 290 valence electrons. The van der Waals surface area contributed by atoms with E-state index in [0.717, 1.165) is 50.1 Å². The lowest BCUT2D eigenvalue weighted by molar-refractivity contribution is 0.669. The lowest BCUT2D eigenvalue weighted by atomic mass is 9.67. The summed E-state index contributed by atoms with van der Waals surface area (Å²) in [4.78, 5) is 5.08. The van der Waals surface area contributed by atoms with Gasteiger partial charge in [0.15, 0.2) is 0 Å². The molecule has 10 aromatic carbocycles. The molecular weight excluding hydrogens is 771 g/mol. The predicted molar refractivity (Wildman–Crippen MR) is 258 cm³/mol. The predicted octanol–water partition coefficient (Wildman–Crippen LogP) is 16.4. The third-order valence-electron chi connectivity index (χ3n) is 13.1. The van der Waals surface area contributed by atoms with Gasteiger partial charge in [-0.25, -0.2) is 0 Å². The van der Waals surface area contributed by atoms with Gasteiger partial charge >= 0.3 is 0 Å². The van der Waals surface area contributed by atoms with E-state index in [1.807, 2.05) is 17.8 Å². The van der Waals surface area contributed by atoms with Crippen LogP contribution in [0.3, 0.4) is 0 Å². The highest BCUT2D eigenvalue weighted by Crippen LogP contribution is 2.65. The van der Waals surface area contributed by atoms with E-state index in [-0.39, 0.29) is 0 Å². The average Bonchev–Trinajstić information content (AvgIpc) is 3.87. The van der Waals surface area contributed by atoms with Crippen molar-refractivity contribution < 1.29 is 4.42 Å². The van der Waals surface area contributed by atoms with E-state index in [2.05, 4.69) is 223 Å². The van der Waals surface area contributed by atoms with Gasteiger partial charge < -0.3 is 9.32 Å². The van der Waals surface area contributed by atoms with E-state index in [1.54, 1.807) is 0 Å². The van der Waals surface area contributed by atoms with E-state index in [9.17, 15) is 0 Å². The monoisotopic (exact) mass is 807 g/mol. The molecule has 2 heterocycles. The van der Waals surface area contributed by atoms with E-state index < -0.39 is 5.41 Å². The molecule has 11 aromatic rings. The van der Waals surface area contributed by atoms with Gasteiger partial charge in [0.1, 0.15) is 11.2 Å². The lowest BCUT2D eigenvalue weighted by Gasteiger charge is -2.39. The first-order valence-electron chi connectivity index (χ1n) is 21.2.